The molecule has 23 heavy (non-hydrogen) atoms. The Morgan fingerprint density at radius 1 is 1.09 bits per heavy atom. The third-order valence-corrected chi connectivity index (χ3v) is 4.06. The van der Waals surface area contributed by atoms with Crippen molar-refractivity contribution in [1.29, 1.82) is 0 Å². The number of hydrogen-bond acceptors (Lipinski definition) is 1. The van der Waals surface area contributed by atoms with Gasteiger partial charge in [0.25, 0.3) is 0 Å². The molecule has 1 atom stereocenters. The summed E-state index contributed by atoms with van der Waals surface area (Å²) in [5.74, 6) is 0.0287. The minimum Gasteiger partial charge on any atom is -0.355 e. The van der Waals surface area contributed by atoms with Gasteiger partial charge in [0.2, 0.25) is 0 Å². The number of rotatable bonds is 4. The van der Waals surface area contributed by atoms with Crippen molar-refractivity contribution < 1.29 is 4.39 Å². The first-order valence-corrected chi connectivity index (χ1v) is 8.18. The second-order valence-corrected chi connectivity index (χ2v) is 6.57. The number of hydrogen-bond donors (Lipinski definition) is 2. The highest BCUT2D eigenvalue weighted by Gasteiger charge is 2.19. The van der Waals surface area contributed by atoms with E-state index < -0.39 is 0 Å². The van der Waals surface area contributed by atoms with Crippen LogP contribution in [0.5, 0.6) is 0 Å². The van der Waals surface area contributed by atoms with Crippen LogP contribution in [0, 0.1) is 25.6 Å². The first-order chi connectivity index (χ1) is 10.9. The molecule has 0 aliphatic heterocycles. The molecule has 2 rings (SSSR count). The SMILES string of the molecule is Cc1ccc(C(NC(=S)Nc2ccccc2F)C(C)C)c(C)c1. The summed E-state index contributed by atoms with van der Waals surface area (Å²) in [5.41, 5.74) is 4.06. The van der Waals surface area contributed by atoms with Crippen LogP contribution in [0.15, 0.2) is 42.5 Å². The summed E-state index contributed by atoms with van der Waals surface area (Å²) in [6, 6.07) is 13.0. The Morgan fingerprint density at radius 3 is 2.39 bits per heavy atom. The molecule has 4 heteroatoms. The highest BCUT2D eigenvalue weighted by Crippen LogP contribution is 2.26. The van der Waals surface area contributed by atoms with Crippen LogP contribution in [0.1, 0.15) is 36.6 Å². The monoisotopic (exact) mass is 330 g/mol. The van der Waals surface area contributed by atoms with Crippen molar-refractivity contribution in [1.82, 2.24) is 5.32 Å². The van der Waals surface area contributed by atoms with E-state index in [-0.39, 0.29) is 11.9 Å². The van der Waals surface area contributed by atoms with E-state index in [1.54, 1.807) is 18.2 Å². The van der Waals surface area contributed by atoms with Crippen LogP contribution in [0.3, 0.4) is 0 Å². The first kappa shape index (κ1) is 17.4. The highest BCUT2D eigenvalue weighted by atomic mass is 32.1. The molecule has 2 aromatic carbocycles. The Morgan fingerprint density at radius 2 is 1.78 bits per heavy atom. The van der Waals surface area contributed by atoms with Crippen LogP contribution in [-0.4, -0.2) is 5.11 Å². The lowest BCUT2D eigenvalue weighted by atomic mass is 9.92. The molecular weight excluding hydrogens is 307 g/mol. The van der Waals surface area contributed by atoms with Crippen molar-refractivity contribution in [3.63, 3.8) is 0 Å². The van der Waals surface area contributed by atoms with Crippen molar-refractivity contribution >= 4 is 23.0 Å². The molecule has 0 fully saturated rings. The summed E-state index contributed by atoms with van der Waals surface area (Å²) < 4.78 is 13.7. The van der Waals surface area contributed by atoms with Gasteiger partial charge in [-0.25, -0.2) is 4.39 Å². The molecule has 2 aromatic rings. The van der Waals surface area contributed by atoms with Gasteiger partial charge in [0.05, 0.1) is 11.7 Å². The van der Waals surface area contributed by atoms with E-state index in [4.69, 9.17) is 12.2 Å². The van der Waals surface area contributed by atoms with E-state index >= 15 is 0 Å². The Kier molecular flexibility index (Phi) is 5.72. The second kappa shape index (κ2) is 7.55. The fourth-order valence-corrected chi connectivity index (χ4v) is 2.88. The van der Waals surface area contributed by atoms with Crippen LogP contribution in [0.25, 0.3) is 0 Å². The average molecular weight is 330 g/mol. The zero-order valence-electron chi connectivity index (χ0n) is 14.0. The lowest BCUT2D eigenvalue weighted by molar-refractivity contribution is 0.471. The van der Waals surface area contributed by atoms with Crippen molar-refractivity contribution in [3.8, 4) is 0 Å². The molecule has 0 bridgehead atoms. The molecule has 1 unspecified atom stereocenters. The van der Waals surface area contributed by atoms with Crippen LogP contribution >= 0.6 is 12.2 Å². The molecule has 0 heterocycles. The number of aryl methyl sites for hydroxylation is 2. The van der Waals surface area contributed by atoms with E-state index in [0.29, 0.717) is 16.7 Å². The smallest absolute Gasteiger partial charge is 0.171 e. The predicted molar refractivity (Wildman–Crippen MR) is 99.3 cm³/mol. The van der Waals surface area contributed by atoms with Crippen LogP contribution in [-0.2, 0) is 0 Å². The molecular formula is C19H23FN2S. The van der Waals surface area contributed by atoms with E-state index in [9.17, 15) is 4.39 Å². The minimum absolute atomic E-state index is 0.0716. The van der Waals surface area contributed by atoms with E-state index in [0.717, 1.165) is 0 Å². The third kappa shape index (κ3) is 4.52. The quantitative estimate of drug-likeness (QED) is 0.760. The number of halogens is 1. The molecule has 0 saturated heterocycles. The number of para-hydroxylation sites is 1. The standard InChI is InChI=1S/C19H23FN2S/c1-12(2)18(15-10-9-13(3)11-14(15)4)22-19(23)21-17-8-6-5-7-16(17)20/h5-12,18H,1-4H3,(H2,21,22,23). The maximum absolute atomic E-state index is 13.7. The van der Waals surface area contributed by atoms with Crippen molar-refractivity contribution in [2.24, 2.45) is 5.92 Å². The van der Waals surface area contributed by atoms with Gasteiger partial charge in [0.15, 0.2) is 5.11 Å². The lowest BCUT2D eigenvalue weighted by Crippen LogP contribution is -2.35. The first-order valence-electron chi connectivity index (χ1n) is 7.77. The number of anilines is 1. The topological polar surface area (TPSA) is 24.1 Å². The summed E-state index contributed by atoms with van der Waals surface area (Å²) in [6.07, 6.45) is 0. The summed E-state index contributed by atoms with van der Waals surface area (Å²) in [6.45, 7) is 8.47. The van der Waals surface area contributed by atoms with Crippen molar-refractivity contribution in [2.45, 2.75) is 33.7 Å². The van der Waals surface area contributed by atoms with Crippen molar-refractivity contribution in [2.75, 3.05) is 5.32 Å². The van der Waals surface area contributed by atoms with Gasteiger partial charge in [-0.3, -0.25) is 0 Å². The number of nitrogens with one attached hydrogen (secondary N) is 2. The average Bonchev–Trinajstić information content (AvgIpc) is 2.48. The second-order valence-electron chi connectivity index (χ2n) is 6.16. The molecule has 0 amide bonds. The summed E-state index contributed by atoms with van der Waals surface area (Å²) >= 11 is 5.37. The number of thiocarbonyl (C=S) groups is 1. The van der Waals surface area contributed by atoms with Gasteiger partial charge in [-0.2, -0.15) is 0 Å². The fourth-order valence-electron chi connectivity index (χ4n) is 2.64. The zero-order valence-corrected chi connectivity index (χ0v) is 14.8. The summed E-state index contributed by atoms with van der Waals surface area (Å²) in [5, 5.41) is 6.69. The molecule has 0 aliphatic rings. The van der Waals surface area contributed by atoms with E-state index in [1.807, 2.05) is 0 Å². The molecule has 2 nitrogen and oxygen atoms in total. The van der Waals surface area contributed by atoms with Gasteiger partial charge in [-0.15, -0.1) is 0 Å². The van der Waals surface area contributed by atoms with Gasteiger partial charge < -0.3 is 10.6 Å². The van der Waals surface area contributed by atoms with Crippen LogP contribution in [0.2, 0.25) is 0 Å². The largest absolute Gasteiger partial charge is 0.355 e. The maximum Gasteiger partial charge on any atom is 0.171 e. The summed E-state index contributed by atoms with van der Waals surface area (Å²) in [7, 11) is 0. The van der Waals surface area contributed by atoms with Crippen LogP contribution < -0.4 is 10.6 Å². The highest BCUT2D eigenvalue weighted by molar-refractivity contribution is 7.80. The molecule has 0 aromatic heterocycles. The molecule has 0 aliphatic carbocycles. The normalized spacial score (nSPS) is 12.1. The Bertz CT molecular complexity index is 698. The van der Waals surface area contributed by atoms with E-state index in [2.05, 4.69) is 56.5 Å². The predicted octanol–water partition coefficient (Wildman–Crippen LogP) is 5.13. The molecule has 0 spiro atoms. The lowest BCUT2D eigenvalue weighted by Gasteiger charge is -2.26. The Labute approximate surface area is 143 Å². The van der Waals surface area contributed by atoms with Gasteiger partial charge in [-0.1, -0.05) is 49.7 Å². The van der Waals surface area contributed by atoms with Gasteiger partial charge >= 0.3 is 0 Å². The van der Waals surface area contributed by atoms with Gasteiger partial charge in [0.1, 0.15) is 5.82 Å². The van der Waals surface area contributed by atoms with Crippen molar-refractivity contribution in [3.05, 3.63) is 65.0 Å². The van der Waals surface area contributed by atoms with Gasteiger partial charge in [0, 0.05) is 0 Å². The Balaban J connectivity index is 2.16. The fraction of sp³-hybridized carbons (Fsp3) is 0.316. The summed E-state index contributed by atoms with van der Waals surface area (Å²) in [4.78, 5) is 0. The molecule has 0 saturated carbocycles. The maximum atomic E-state index is 13.7. The zero-order chi connectivity index (χ0) is 17.0. The number of benzene rings is 2. The minimum atomic E-state index is -0.315. The van der Waals surface area contributed by atoms with Crippen LogP contribution in [0.4, 0.5) is 10.1 Å². The Hall–Kier alpha value is -1.94. The van der Waals surface area contributed by atoms with E-state index in [1.165, 1.54) is 22.8 Å². The molecule has 122 valence electrons. The molecule has 2 N–H and O–H groups in total. The molecule has 0 radical (unpaired) electrons. The third-order valence-electron chi connectivity index (χ3n) is 3.84. The van der Waals surface area contributed by atoms with Gasteiger partial charge in [-0.05, 0) is 55.2 Å².